The third-order valence-electron chi connectivity index (χ3n) is 3.95. The fourth-order valence-electron chi connectivity index (χ4n) is 2.76. The summed E-state index contributed by atoms with van der Waals surface area (Å²) in [5.41, 5.74) is 3.44. The fourth-order valence-corrected chi connectivity index (χ4v) is 2.76. The summed E-state index contributed by atoms with van der Waals surface area (Å²) in [4.78, 5) is 13.9. The van der Waals surface area contributed by atoms with Gasteiger partial charge in [0.2, 0.25) is 0 Å². The van der Waals surface area contributed by atoms with Crippen molar-refractivity contribution < 1.29 is 9.53 Å². The van der Waals surface area contributed by atoms with Crippen LogP contribution in [0.25, 0.3) is 6.08 Å². The summed E-state index contributed by atoms with van der Waals surface area (Å²) in [6, 6.07) is 6.35. The van der Waals surface area contributed by atoms with Gasteiger partial charge in [-0.25, -0.2) is 4.79 Å². The van der Waals surface area contributed by atoms with Crippen LogP contribution in [0, 0.1) is 19.8 Å². The van der Waals surface area contributed by atoms with Gasteiger partial charge in [0.15, 0.2) is 0 Å². The van der Waals surface area contributed by atoms with Crippen LogP contribution in [0.5, 0.6) is 0 Å². The second-order valence-corrected chi connectivity index (χ2v) is 7.14. The van der Waals surface area contributed by atoms with E-state index in [9.17, 15) is 4.79 Å². The normalized spacial score (nSPS) is 19.0. The van der Waals surface area contributed by atoms with Gasteiger partial charge in [-0.2, -0.15) is 0 Å². The zero-order chi connectivity index (χ0) is 16.3. The fraction of sp³-hybridized carbons (Fsp3) is 0.526. The highest BCUT2D eigenvalue weighted by Crippen LogP contribution is 2.23. The number of carbonyl (C=O) groups is 1. The van der Waals surface area contributed by atoms with Crippen LogP contribution in [0.3, 0.4) is 0 Å². The average Bonchev–Trinajstić information content (AvgIpc) is 2.85. The highest BCUT2D eigenvalue weighted by molar-refractivity contribution is 5.68. The molecule has 120 valence electrons. The molecular formula is C19H27NO2. The zero-order valence-electron chi connectivity index (χ0n) is 14.3. The smallest absolute Gasteiger partial charge is 0.410 e. The van der Waals surface area contributed by atoms with Crippen LogP contribution in [-0.2, 0) is 4.74 Å². The Morgan fingerprint density at radius 3 is 2.50 bits per heavy atom. The summed E-state index contributed by atoms with van der Waals surface area (Å²) < 4.78 is 5.43. The standard InChI is InChI=1S/C19H27NO2/c1-14-7-6-8-15(2)17(14)10-9-16-11-12-20(13-16)18(21)22-19(3,4)5/h6-10,16H,11-13H2,1-5H3/b10-9+. The SMILES string of the molecule is Cc1cccc(C)c1/C=C/C1CCN(C(=O)OC(C)(C)C)C1. The first-order chi connectivity index (χ1) is 10.3. The van der Waals surface area contributed by atoms with Crippen molar-refractivity contribution >= 4 is 12.2 Å². The van der Waals surface area contributed by atoms with E-state index in [1.807, 2.05) is 25.7 Å². The number of hydrogen-bond acceptors (Lipinski definition) is 2. The van der Waals surface area contributed by atoms with Gasteiger partial charge >= 0.3 is 6.09 Å². The third kappa shape index (κ3) is 4.36. The predicted octanol–water partition coefficient (Wildman–Crippen LogP) is 4.57. The largest absolute Gasteiger partial charge is 0.444 e. The highest BCUT2D eigenvalue weighted by Gasteiger charge is 2.28. The molecule has 0 N–H and O–H groups in total. The first-order valence-corrected chi connectivity index (χ1v) is 7.98. The second kappa shape index (κ2) is 6.55. The maximum Gasteiger partial charge on any atom is 0.410 e. The topological polar surface area (TPSA) is 29.5 Å². The molecule has 1 heterocycles. The maximum absolute atomic E-state index is 12.1. The van der Waals surface area contributed by atoms with Gasteiger partial charge in [0.1, 0.15) is 5.60 Å². The van der Waals surface area contributed by atoms with Crippen molar-refractivity contribution in [2.24, 2.45) is 5.92 Å². The van der Waals surface area contributed by atoms with Gasteiger partial charge in [-0.3, -0.25) is 0 Å². The molecule has 1 unspecified atom stereocenters. The lowest BCUT2D eigenvalue weighted by Crippen LogP contribution is -2.35. The minimum Gasteiger partial charge on any atom is -0.444 e. The molecule has 1 amide bonds. The van der Waals surface area contributed by atoms with Crippen molar-refractivity contribution in [3.05, 3.63) is 41.0 Å². The molecule has 1 atom stereocenters. The van der Waals surface area contributed by atoms with Crippen LogP contribution in [0.2, 0.25) is 0 Å². The predicted molar refractivity (Wildman–Crippen MR) is 90.9 cm³/mol. The Kier molecular flexibility index (Phi) is 4.94. The summed E-state index contributed by atoms with van der Waals surface area (Å²) >= 11 is 0. The number of hydrogen-bond donors (Lipinski definition) is 0. The van der Waals surface area contributed by atoms with Crippen molar-refractivity contribution in [2.45, 2.75) is 46.6 Å². The van der Waals surface area contributed by atoms with E-state index in [4.69, 9.17) is 4.74 Å². The van der Waals surface area contributed by atoms with Gasteiger partial charge in [0.25, 0.3) is 0 Å². The van der Waals surface area contributed by atoms with Crippen LogP contribution in [0.1, 0.15) is 43.9 Å². The number of aryl methyl sites for hydroxylation is 2. The van der Waals surface area contributed by atoms with Gasteiger partial charge in [-0.15, -0.1) is 0 Å². The zero-order valence-corrected chi connectivity index (χ0v) is 14.3. The van der Waals surface area contributed by atoms with Gasteiger partial charge in [-0.1, -0.05) is 30.4 Å². The van der Waals surface area contributed by atoms with Crippen molar-refractivity contribution in [2.75, 3.05) is 13.1 Å². The molecule has 1 aliphatic heterocycles. The van der Waals surface area contributed by atoms with Crippen molar-refractivity contribution in [1.82, 2.24) is 4.90 Å². The minimum absolute atomic E-state index is 0.199. The molecule has 0 radical (unpaired) electrons. The van der Waals surface area contributed by atoms with Gasteiger partial charge in [0, 0.05) is 13.1 Å². The Balaban J connectivity index is 1.97. The lowest BCUT2D eigenvalue weighted by molar-refractivity contribution is 0.0291. The molecule has 0 aliphatic carbocycles. The summed E-state index contributed by atoms with van der Waals surface area (Å²) in [5.74, 6) is 0.409. The second-order valence-electron chi connectivity index (χ2n) is 7.14. The number of rotatable bonds is 2. The number of likely N-dealkylation sites (tertiary alicyclic amines) is 1. The van der Waals surface area contributed by atoms with E-state index in [0.29, 0.717) is 5.92 Å². The number of carbonyl (C=O) groups excluding carboxylic acids is 1. The first-order valence-electron chi connectivity index (χ1n) is 7.98. The van der Waals surface area contributed by atoms with E-state index < -0.39 is 5.60 Å². The molecule has 1 aliphatic rings. The first kappa shape index (κ1) is 16.6. The Morgan fingerprint density at radius 1 is 1.27 bits per heavy atom. The Morgan fingerprint density at radius 2 is 1.91 bits per heavy atom. The summed E-state index contributed by atoms with van der Waals surface area (Å²) in [5, 5.41) is 0. The molecule has 0 spiro atoms. The van der Waals surface area contributed by atoms with Gasteiger partial charge in [-0.05, 0) is 63.6 Å². The van der Waals surface area contributed by atoms with Crippen molar-refractivity contribution in [3.8, 4) is 0 Å². The maximum atomic E-state index is 12.1. The molecule has 0 saturated carbocycles. The van der Waals surface area contributed by atoms with Crippen LogP contribution >= 0.6 is 0 Å². The van der Waals surface area contributed by atoms with Crippen LogP contribution in [-0.4, -0.2) is 29.7 Å². The van der Waals surface area contributed by atoms with Crippen LogP contribution < -0.4 is 0 Å². The van der Waals surface area contributed by atoms with E-state index in [1.165, 1.54) is 16.7 Å². The average molecular weight is 301 g/mol. The molecule has 0 bridgehead atoms. The molecule has 3 heteroatoms. The molecular weight excluding hydrogens is 274 g/mol. The molecule has 1 saturated heterocycles. The molecule has 3 nitrogen and oxygen atoms in total. The van der Waals surface area contributed by atoms with Crippen molar-refractivity contribution in [3.63, 3.8) is 0 Å². The number of ether oxygens (including phenoxy) is 1. The van der Waals surface area contributed by atoms with E-state index >= 15 is 0 Å². The quantitative estimate of drug-likeness (QED) is 0.800. The molecule has 1 aromatic carbocycles. The van der Waals surface area contributed by atoms with Gasteiger partial charge < -0.3 is 9.64 Å². The van der Waals surface area contributed by atoms with E-state index in [2.05, 4.69) is 44.2 Å². The van der Waals surface area contributed by atoms with Crippen LogP contribution in [0.15, 0.2) is 24.3 Å². The van der Waals surface area contributed by atoms with Crippen LogP contribution in [0.4, 0.5) is 4.79 Å². The lowest BCUT2D eigenvalue weighted by Gasteiger charge is -2.24. The Hall–Kier alpha value is -1.77. The molecule has 2 rings (SSSR count). The summed E-state index contributed by atoms with van der Waals surface area (Å²) in [6.45, 7) is 11.5. The molecule has 1 fully saturated rings. The number of amides is 1. The summed E-state index contributed by atoms with van der Waals surface area (Å²) in [6.07, 6.45) is 5.24. The van der Waals surface area contributed by atoms with E-state index in [1.54, 1.807) is 0 Å². The monoisotopic (exact) mass is 301 g/mol. The van der Waals surface area contributed by atoms with E-state index in [0.717, 1.165) is 19.5 Å². The number of nitrogens with zero attached hydrogens (tertiary/aromatic N) is 1. The van der Waals surface area contributed by atoms with Crippen molar-refractivity contribution in [1.29, 1.82) is 0 Å². The Bertz CT molecular complexity index is 549. The van der Waals surface area contributed by atoms with E-state index in [-0.39, 0.29) is 6.09 Å². The Labute approximate surface area is 134 Å². The summed E-state index contributed by atoms with van der Waals surface area (Å²) in [7, 11) is 0. The lowest BCUT2D eigenvalue weighted by atomic mass is 10.00. The minimum atomic E-state index is -0.427. The number of benzene rings is 1. The highest BCUT2D eigenvalue weighted by atomic mass is 16.6. The molecule has 22 heavy (non-hydrogen) atoms. The third-order valence-corrected chi connectivity index (χ3v) is 3.95. The molecule has 0 aromatic heterocycles. The molecule has 1 aromatic rings. The van der Waals surface area contributed by atoms with Gasteiger partial charge in [0.05, 0.1) is 0 Å².